The lowest BCUT2D eigenvalue weighted by Gasteiger charge is -2.38. The van der Waals surface area contributed by atoms with Gasteiger partial charge in [0, 0.05) is 24.7 Å². The second-order valence-corrected chi connectivity index (χ2v) is 8.21. The maximum atomic E-state index is 3.89. The fraction of sp³-hybridized carbons (Fsp3) is 1.00. The zero-order valence-corrected chi connectivity index (χ0v) is 14.4. The zero-order chi connectivity index (χ0) is 14.9. The van der Waals surface area contributed by atoms with Gasteiger partial charge in [0.25, 0.3) is 0 Å². The molecule has 3 unspecified atom stereocenters. The Balaban J connectivity index is 1.68. The summed E-state index contributed by atoms with van der Waals surface area (Å²) in [7, 11) is 0. The van der Waals surface area contributed by atoms with Crippen molar-refractivity contribution in [1.82, 2.24) is 15.1 Å². The van der Waals surface area contributed by atoms with Crippen LogP contribution < -0.4 is 5.32 Å². The Kier molecular flexibility index (Phi) is 4.92. The second-order valence-electron chi connectivity index (χ2n) is 8.21. The molecule has 1 N–H and O–H groups in total. The lowest BCUT2D eigenvalue weighted by Crippen LogP contribution is -2.53. The predicted molar refractivity (Wildman–Crippen MR) is 89.7 cm³/mol. The normalized spacial score (nSPS) is 37.6. The summed E-state index contributed by atoms with van der Waals surface area (Å²) in [5.41, 5.74) is 0.460. The van der Waals surface area contributed by atoms with Gasteiger partial charge >= 0.3 is 0 Å². The summed E-state index contributed by atoms with van der Waals surface area (Å²) in [6, 6.07) is 2.31. The van der Waals surface area contributed by atoms with Crippen LogP contribution in [0.25, 0.3) is 0 Å². The molecule has 2 aliphatic heterocycles. The monoisotopic (exact) mass is 293 g/mol. The van der Waals surface area contributed by atoms with E-state index in [4.69, 9.17) is 0 Å². The fourth-order valence-electron chi connectivity index (χ4n) is 5.00. The van der Waals surface area contributed by atoms with Crippen molar-refractivity contribution in [3.63, 3.8) is 0 Å². The molecule has 2 heterocycles. The highest BCUT2D eigenvalue weighted by atomic mass is 15.3. The molecule has 21 heavy (non-hydrogen) atoms. The molecular formula is C18H35N3. The molecule has 3 fully saturated rings. The van der Waals surface area contributed by atoms with Gasteiger partial charge in [0.2, 0.25) is 0 Å². The summed E-state index contributed by atoms with van der Waals surface area (Å²) >= 11 is 0. The number of nitrogens with one attached hydrogen (secondary N) is 1. The summed E-state index contributed by atoms with van der Waals surface area (Å²) in [5, 5.41) is 3.89. The van der Waals surface area contributed by atoms with Crippen molar-refractivity contribution in [2.75, 3.05) is 32.7 Å². The van der Waals surface area contributed by atoms with Crippen LogP contribution in [-0.2, 0) is 0 Å². The first kappa shape index (κ1) is 15.8. The van der Waals surface area contributed by atoms with E-state index in [-0.39, 0.29) is 0 Å². The maximum absolute atomic E-state index is 3.89. The molecule has 0 radical (unpaired) electrons. The first-order valence-corrected chi connectivity index (χ1v) is 9.33. The summed E-state index contributed by atoms with van der Waals surface area (Å²) < 4.78 is 0. The summed E-state index contributed by atoms with van der Waals surface area (Å²) in [5.74, 6) is 0. The first-order chi connectivity index (χ1) is 10.1. The van der Waals surface area contributed by atoms with Crippen LogP contribution in [0.15, 0.2) is 0 Å². The van der Waals surface area contributed by atoms with Gasteiger partial charge in [0.1, 0.15) is 0 Å². The first-order valence-electron chi connectivity index (χ1n) is 9.33. The van der Waals surface area contributed by atoms with Crippen molar-refractivity contribution >= 4 is 0 Å². The van der Waals surface area contributed by atoms with Crippen LogP contribution in [0.3, 0.4) is 0 Å². The van der Waals surface area contributed by atoms with E-state index in [2.05, 4.69) is 35.9 Å². The quantitative estimate of drug-likeness (QED) is 0.860. The molecule has 0 amide bonds. The van der Waals surface area contributed by atoms with Gasteiger partial charge in [-0.3, -0.25) is 9.80 Å². The molecule has 1 aliphatic carbocycles. The third-order valence-corrected chi connectivity index (χ3v) is 6.23. The molecule has 3 atom stereocenters. The molecule has 0 aromatic heterocycles. The standard InChI is InChI=1S/C18H35N3/c1-4-10-19-17-16(8-9-18(17,2)3)21-13-6-12-20-11-5-7-15(20)14-21/h15-17,19H,4-14H2,1-3H3. The summed E-state index contributed by atoms with van der Waals surface area (Å²) in [6.07, 6.45) is 8.24. The SMILES string of the molecule is CCCNC1C(N2CCCN3CCCC3C2)CCC1(C)C. The molecule has 3 rings (SSSR count). The molecule has 0 bridgehead atoms. The number of fused-ring (bicyclic) bond motifs is 1. The van der Waals surface area contributed by atoms with Crippen LogP contribution in [0.1, 0.15) is 59.3 Å². The van der Waals surface area contributed by atoms with E-state index >= 15 is 0 Å². The fourth-order valence-corrected chi connectivity index (χ4v) is 5.00. The van der Waals surface area contributed by atoms with Crippen LogP contribution in [0.5, 0.6) is 0 Å². The predicted octanol–water partition coefficient (Wildman–Crippen LogP) is 2.71. The Hall–Kier alpha value is -0.120. The minimum atomic E-state index is 0.460. The van der Waals surface area contributed by atoms with Crippen molar-refractivity contribution in [1.29, 1.82) is 0 Å². The van der Waals surface area contributed by atoms with Crippen LogP contribution >= 0.6 is 0 Å². The Morgan fingerprint density at radius 2 is 1.81 bits per heavy atom. The van der Waals surface area contributed by atoms with Gasteiger partial charge in [0.05, 0.1) is 0 Å². The molecular weight excluding hydrogens is 258 g/mol. The summed E-state index contributed by atoms with van der Waals surface area (Å²) in [4.78, 5) is 5.62. The Morgan fingerprint density at radius 3 is 2.62 bits per heavy atom. The molecule has 3 heteroatoms. The van der Waals surface area contributed by atoms with Crippen LogP contribution in [0.2, 0.25) is 0 Å². The highest BCUT2D eigenvalue weighted by molar-refractivity contribution is 5.02. The highest BCUT2D eigenvalue weighted by Gasteiger charge is 2.45. The van der Waals surface area contributed by atoms with Crippen molar-refractivity contribution in [2.24, 2.45) is 5.41 Å². The van der Waals surface area contributed by atoms with Gasteiger partial charge in [-0.15, -0.1) is 0 Å². The van der Waals surface area contributed by atoms with E-state index < -0.39 is 0 Å². The highest BCUT2D eigenvalue weighted by Crippen LogP contribution is 2.40. The average Bonchev–Trinajstić information content (AvgIpc) is 2.94. The third-order valence-electron chi connectivity index (χ3n) is 6.23. The molecule has 1 saturated carbocycles. The largest absolute Gasteiger partial charge is 0.312 e. The van der Waals surface area contributed by atoms with Gasteiger partial charge in [-0.25, -0.2) is 0 Å². The minimum Gasteiger partial charge on any atom is -0.312 e. The minimum absolute atomic E-state index is 0.460. The number of rotatable bonds is 4. The summed E-state index contributed by atoms with van der Waals surface area (Å²) in [6.45, 7) is 13.7. The second kappa shape index (κ2) is 6.55. The maximum Gasteiger partial charge on any atom is 0.0274 e. The van der Waals surface area contributed by atoms with Crippen molar-refractivity contribution < 1.29 is 0 Å². The zero-order valence-electron chi connectivity index (χ0n) is 14.4. The topological polar surface area (TPSA) is 18.5 Å². The van der Waals surface area contributed by atoms with E-state index in [1.165, 1.54) is 71.2 Å². The van der Waals surface area contributed by atoms with Crippen molar-refractivity contribution in [3.05, 3.63) is 0 Å². The van der Waals surface area contributed by atoms with Gasteiger partial charge in [-0.05, 0) is 70.1 Å². The van der Waals surface area contributed by atoms with Crippen molar-refractivity contribution in [3.8, 4) is 0 Å². The van der Waals surface area contributed by atoms with Crippen LogP contribution in [0, 0.1) is 5.41 Å². The average molecular weight is 293 g/mol. The lowest BCUT2D eigenvalue weighted by molar-refractivity contribution is 0.132. The Labute approximate surface area is 131 Å². The van der Waals surface area contributed by atoms with Gasteiger partial charge < -0.3 is 5.32 Å². The van der Waals surface area contributed by atoms with Crippen LogP contribution in [0.4, 0.5) is 0 Å². The molecule has 2 saturated heterocycles. The lowest BCUT2D eigenvalue weighted by atomic mass is 9.86. The van der Waals surface area contributed by atoms with Crippen LogP contribution in [-0.4, -0.2) is 60.6 Å². The van der Waals surface area contributed by atoms with E-state index in [1.807, 2.05) is 0 Å². The Bertz CT molecular complexity index is 341. The van der Waals surface area contributed by atoms with E-state index in [9.17, 15) is 0 Å². The number of hydrogen-bond donors (Lipinski definition) is 1. The van der Waals surface area contributed by atoms with Gasteiger partial charge in [0.15, 0.2) is 0 Å². The Morgan fingerprint density at radius 1 is 1.05 bits per heavy atom. The van der Waals surface area contributed by atoms with Gasteiger partial charge in [-0.1, -0.05) is 20.8 Å². The molecule has 122 valence electrons. The van der Waals surface area contributed by atoms with Gasteiger partial charge in [-0.2, -0.15) is 0 Å². The third kappa shape index (κ3) is 3.30. The number of nitrogens with zero attached hydrogens (tertiary/aromatic N) is 2. The molecule has 3 aliphatic rings. The van der Waals surface area contributed by atoms with E-state index in [1.54, 1.807) is 0 Å². The smallest absolute Gasteiger partial charge is 0.0274 e. The van der Waals surface area contributed by atoms with E-state index in [0.29, 0.717) is 11.5 Å². The molecule has 0 aromatic carbocycles. The van der Waals surface area contributed by atoms with Crippen molar-refractivity contribution in [2.45, 2.75) is 77.4 Å². The molecule has 0 aromatic rings. The molecule has 3 nitrogen and oxygen atoms in total. The molecule has 0 spiro atoms. The number of hydrogen-bond acceptors (Lipinski definition) is 3. The van der Waals surface area contributed by atoms with E-state index in [0.717, 1.165) is 12.1 Å².